The van der Waals surface area contributed by atoms with E-state index in [1.54, 1.807) is 6.07 Å². The summed E-state index contributed by atoms with van der Waals surface area (Å²) in [5, 5.41) is 18.9. The molecular weight excluding hydrogens is 556 g/mol. The molecule has 4 atom stereocenters. The predicted octanol–water partition coefficient (Wildman–Crippen LogP) is 6.24. The molecule has 0 aliphatic heterocycles. The van der Waals surface area contributed by atoms with Crippen molar-refractivity contribution in [1.82, 2.24) is 4.98 Å². The maximum absolute atomic E-state index is 14.8. The van der Waals surface area contributed by atoms with Gasteiger partial charge in [0, 0.05) is 30.2 Å². The number of hydrogen-bond acceptors (Lipinski definition) is 5. The third-order valence-electron chi connectivity index (χ3n) is 7.65. The zero-order valence-corrected chi connectivity index (χ0v) is 21.6. The van der Waals surface area contributed by atoms with Crippen LogP contribution in [0.25, 0.3) is 11.1 Å². The number of benzene rings is 2. The monoisotopic (exact) mass is 581 g/mol. The van der Waals surface area contributed by atoms with Crippen LogP contribution >= 0.6 is 0 Å². The molecule has 2 aromatic carbocycles. The molecule has 1 unspecified atom stereocenters. The van der Waals surface area contributed by atoms with E-state index in [9.17, 15) is 41.4 Å². The smallest absolute Gasteiger partial charge is 0.417 e. The second-order valence-electron chi connectivity index (χ2n) is 10.5. The van der Waals surface area contributed by atoms with Gasteiger partial charge in [-0.3, -0.25) is 4.79 Å². The molecule has 0 spiro atoms. The Bertz CT molecular complexity index is 1460. The van der Waals surface area contributed by atoms with Gasteiger partial charge in [0.1, 0.15) is 23.8 Å². The Balaban J connectivity index is 1.31. The van der Waals surface area contributed by atoms with Crippen LogP contribution in [0.2, 0.25) is 0 Å². The SMILES string of the molecule is CC(O)(CCOc1ccc(-c2cc(COc3cc4c(cn3)[C@H]3[C@@H](C4)[C@@H]3C(=O)O)c(F)cc2C(F)(F)F)cc1)C(F)F. The second kappa shape index (κ2) is 10.6. The van der Waals surface area contributed by atoms with Crippen LogP contribution in [0.4, 0.5) is 26.3 Å². The van der Waals surface area contributed by atoms with E-state index in [2.05, 4.69) is 4.98 Å². The zero-order chi connectivity index (χ0) is 29.7. The topological polar surface area (TPSA) is 88.9 Å². The molecule has 0 bridgehead atoms. The highest BCUT2D eigenvalue weighted by atomic mass is 19.4. The number of aliphatic carboxylic acids is 1. The quantitative estimate of drug-likeness (QED) is 0.276. The van der Waals surface area contributed by atoms with Gasteiger partial charge in [0.2, 0.25) is 5.88 Å². The third-order valence-corrected chi connectivity index (χ3v) is 7.65. The summed E-state index contributed by atoms with van der Waals surface area (Å²) in [5.41, 5.74) is -2.05. The van der Waals surface area contributed by atoms with Crippen LogP contribution in [0.3, 0.4) is 0 Å². The average Bonchev–Trinajstić information content (AvgIpc) is 3.50. The fourth-order valence-corrected chi connectivity index (χ4v) is 5.25. The van der Waals surface area contributed by atoms with Gasteiger partial charge in [0.25, 0.3) is 6.43 Å². The van der Waals surface area contributed by atoms with Gasteiger partial charge in [-0.2, -0.15) is 13.2 Å². The maximum atomic E-state index is 14.8. The number of carboxylic acid groups (broad SMARTS) is 1. The Morgan fingerprint density at radius 2 is 1.83 bits per heavy atom. The number of alkyl halides is 5. The standard InChI is InChI=1S/C29H25F6NO5/c1-28(39,27(31)32)6-7-40-17-4-2-14(3-5-17)18-9-16(22(30)11-21(18)29(33,34)35)13-41-23-10-15-8-19-24(20(15)12-36-23)25(19)26(37)38/h2-5,9-12,19,24-25,27,39H,6-8,13H2,1H3,(H,37,38)/t19-,24-,25+,28?/m1/s1. The van der Waals surface area contributed by atoms with Crippen LogP contribution in [-0.2, 0) is 24.0 Å². The summed E-state index contributed by atoms with van der Waals surface area (Å²) >= 11 is 0. The Morgan fingerprint density at radius 3 is 2.46 bits per heavy atom. The van der Waals surface area contributed by atoms with Crippen LogP contribution in [0, 0.1) is 17.7 Å². The molecule has 218 valence electrons. The molecule has 1 saturated carbocycles. The summed E-state index contributed by atoms with van der Waals surface area (Å²) in [6.45, 7) is 0.316. The van der Waals surface area contributed by atoms with E-state index in [0.29, 0.717) is 12.5 Å². The van der Waals surface area contributed by atoms with E-state index < -0.39 is 48.1 Å². The van der Waals surface area contributed by atoms with Gasteiger partial charge in [-0.25, -0.2) is 18.2 Å². The lowest BCUT2D eigenvalue weighted by atomic mass is 9.96. The molecule has 0 radical (unpaired) electrons. The number of aliphatic hydroxyl groups is 1. The lowest BCUT2D eigenvalue weighted by molar-refractivity contribution is -0.139. The van der Waals surface area contributed by atoms with Gasteiger partial charge in [-0.15, -0.1) is 0 Å². The number of hydrogen-bond donors (Lipinski definition) is 2. The molecule has 6 nitrogen and oxygen atoms in total. The number of rotatable bonds is 10. The minimum Gasteiger partial charge on any atom is -0.493 e. The first kappa shape index (κ1) is 28.7. The molecule has 5 rings (SSSR count). The summed E-state index contributed by atoms with van der Waals surface area (Å²) in [7, 11) is 0. The molecule has 0 saturated heterocycles. The zero-order valence-electron chi connectivity index (χ0n) is 21.6. The minimum absolute atomic E-state index is 0.0128. The minimum atomic E-state index is -4.86. The van der Waals surface area contributed by atoms with E-state index in [1.165, 1.54) is 30.5 Å². The third kappa shape index (κ3) is 5.83. The van der Waals surface area contributed by atoms with Crippen LogP contribution in [-0.4, -0.2) is 39.8 Å². The highest BCUT2D eigenvalue weighted by Crippen LogP contribution is 2.61. The van der Waals surface area contributed by atoms with Gasteiger partial charge in [0.15, 0.2) is 0 Å². The largest absolute Gasteiger partial charge is 0.493 e. The summed E-state index contributed by atoms with van der Waals surface area (Å²) in [5.74, 6) is -2.11. The second-order valence-corrected chi connectivity index (χ2v) is 10.5. The van der Waals surface area contributed by atoms with Crippen molar-refractivity contribution in [2.75, 3.05) is 6.61 Å². The van der Waals surface area contributed by atoms with E-state index >= 15 is 0 Å². The molecule has 2 N–H and O–H groups in total. The van der Waals surface area contributed by atoms with Crippen LogP contribution in [0.5, 0.6) is 11.6 Å². The van der Waals surface area contributed by atoms with E-state index in [0.717, 1.165) is 24.1 Å². The Kier molecular flexibility index (Phi) is 7.39. The van der Waals surface area contributed by atoms with Gasteiger partial charge >= 0.3 is 12.1 Å². The molecule has 1 heterocycles. The van der Waals surface area contributed by atoms with Crippen molar-refractivity contribution in [2.24, 2.45) is 11.8 Å². The number of fused-ring (bicyclic) bond motifs is 3. The fraction of sp³-hybridized carbons (Fsp3) is 0.379. The van der Waals surface area contributed by atoms with E-state index in [4.69, 9.17) is 9.47 Å². The van der Waals surface area contributed by atoms with Crippen LogP contribution < -0.4 is 9.47 Å². The molecule has 1 fully saturated rings. The number of pyridine rings is 1. The van der Waals surface area contributed by atoms with Gasteiger partial charge in [-0.05, 0) is 65.8 Å². The number of ether oxygens (including phenoxy) is 2. The fourth-order valence-electron chi connectivity index (χ4n) is 5.25. The number of halogens is 6. The lowest BCUT2D eigenvalue weighted by Gasteiger charge is -2.22. The van der Waals surface area contributed by atoms with Crippen molar-refractivity contribution in [3.8, 4) is 22.8 Å². The predicted molar refractivity (Wildman–Crippen MR) is 133 cm³/mol. The normalized spacial score (nSPS) is 20.8. The van der Waals surface area contributed by atoms with Crippen molar-refractivity contribution in [3.05, 3.63) is 76.7 Å². The first-order chi connectivity index (χ1) is 19.3. The molecule has 2 aliphatic carbocycles. The number of carboxylic acids is 1. The van der Waals surface area contributed by atoms with Crippen molar-refractivity contribution in [1.29, 1.82) is 0 Å². The Morgan fingerprint density at radius 1 is 1.12 bits per heavy atom. The van der Waals surface area contributed by atoms with Crippen LogP contribution in [0.15, 0.2) is 48.7 Å². The molecular formula is C29H25F6NO5. The summed E-state index contributed by atoms with van der Waals surface area (Å²) in [4.78, 5) is 15.5. The molecule has 0 amide bonds. The van der Waals surface area contributed by atoms with E-state index in [1.807, 2.05) is 0 Å². The molecule has 2 aliphatic rings. The number of aromatic nitrogens is 1. The molecule has 3 aromatic rings. The van der Waals surface area contributed by atoms with Crippen molar-refractivity contribution < 1.29 is 50.8 Å². The van der Waals surface area contributed by atoms with E-state index in [-0.39, 0.29) is 53.2 Å². The first-order valence-corrected chi connectivity index (χ1v) is 12.7. The molecule has 1 aromatic heterocycles. The molecule has 41 heavy (non-hydrogen) atoms. The highest BCUT2D eigenvalue weighted by molar-refractivity contribution is 5.77. The van der Waals surface area contributed by atoms with Crippen molar-refractivity contribution >= 4 is 5.97 Å². The summed E-state index contributed by atoms with van der Waals surface area (Å²) < 4.78 is 92.7. The maximum Gasteiger partial charge on any atom is 0.417 e. The van der Waals surface area contributed by atoms with Gasteiger partial charge in [0.05, 0.1) is 18.1 Å². The lowest BCUT2D eigenvalue weighted by Crippen LogP contribution is -2.35. The van der Waals surface area contributed by atoms with Crippen LogP contribution in [0.1, 0.15) is 41.5 Å². The van der Waals surface area contributed by atoms with Gasteiger partial charge in [-0.1, -0.05) is 12.1 Å². The average molecular weight is 582 g/mol. The first-order valence-electron chi connectivity index (χ1n) is 12.7. The summed E-state index contributed by atoms with van der Waals surface area (Å²) in [6.07, 6.45) is -6.11. The van der Waals surface area contributed by atoms with Crippen molar-refractivity contribution in [2.45, 2.75) is 50.5 Å². The number of carbonyl (C=O) groups is 1. The summed E-state index contributed by atoms with van der Waals surface area (Å²) in [6, 6.07) is 8.44. The molecule has 12 heteroatoms. The number of nitrogens with zero attached hydrogens (tertiary/aromatic N) is 1. The Labute approximate surface area is 230 Å². The highest BCUT2D eigenvalue weighted by Gasteiger charge is 2.60. The van der Waals surface area contributed by atoms with Gasteiger partial charge < -0.3 is 19.7 Å². The Hall–Kier alpha value is -3.80. The van der Waals surface area contributed by atoms with Crippen molar-refractivity contribution in [3.63, 3.8) is 0 Å².